The van der Waals surface area contributed by atoms with Crippen LogP contribution in [0.1, 0.15) is 5.82 Å². The molecule has 2 aromatic rings. The number of nitrogens with one attached hydrogen (secondary N) is 1. The van der Waals surface area contributed by atoms with Crippen LogP contribution in [0, 0.1) is 0 Å². The summed E-state index contributed by atoms with van der Waals surface area (Å²) in [6.07, 6.45) is 1.57. The summed E-state index contributed by atoms with van der Waals surface area (Å²) in [4.78, 5) is 11.7. The summed E-state index contributed by atoms with van der Waals surface area (Å²) in [6.45, 7) is 0.186. The van der Waals surface area contributed by atoms with Gasteiger partial charge < -0.3 is 14.6 Å². The van der Waals surface area contributed by atoms with Crippen LogP contribution in [-0.2, 0) is 18.4 Å². The number of hydrogen-bond donors (Lipinski definition) is 1. The molecule has 0 radical (unpaired) electrons. The summed E-state index contributed by atoms with van der Waals surface area (Å²) in [5.41, 5.74) is 0. The Labute approximate surface area is 129 Å². The van der Waals surface area contributed by atoms with Crippen molar-refractivity contribution in [3.8, 4) is 5.75 Å². The lowest BCUT2D eigenvalue weighted by Gasteiger charge is -2.08. The van der Waals surface area contributed by atoms with Crippen LogP contribution in [-0.4, -0.2) is 27.3 Å². The fourth-order valence-electron chi connectivity index (χ4n) is 1.43. The van der Waals surface area contributed by atoms with Gasteiger partial charge in [0.05, 0.1) is 11.6 Å². The maximum Gasteiger partial charge on any atom is 0.258 e. The normalized spacial score (nSPS) is 10.3. The van der Waals surface area contributed by atoms with Crippen LogP contribution in [0.25, 0.3) is 0 Å². The van der Waals surface area contributed by atoms with E-state index < -0.39 is 0 Å². The van der Waals surface area contributed by atoms with E-state index in [4.69, 9.17) is 16.3 Å². The Morgan fingerprint density at radius 3 is 3.00 bits per heavy atom. The number of ether oxygens (including phenoxy) is 1. The van der Waals surface area contributed by atoms with Gasteiger partial charge in [0.1, 0.15) is 12.1 Å². The van der Waals surface area contributed by atoms with E-state index in [0.717, 1.165) is 4.47 Å². The molecule has 0 unspecified atom stereocenters. The lowest BCUT2D eigenvalue weighted by atomic mass is 10.3. The van der Waals surface area contributed by atoms with Crippen LogP contribution in [0.5, 0.6) is 5.75 Å². The van der Waals surface area contributed by atoms with Gasteiger partial charge in [-0.15, -0.1) is 10.2 Å². The van der Waals surface area contributed by atoms with Crippen molar-refractivity contribution in [3.05, 3.63) is 39.8 Å². The fourth-order valence-corrected chi connectivity index (χ4v) is 2.16. The Bertz CT molecular complexity index is 617. The average Bonchev–Trinajstić information content (AvgIpc) is 2.81. The van der Waals surface area contributed by atoms with Crippen molar-refractivity contribution >= 4 is 33.4 Å². The summed E-state index contributed by atoms with van der Waals surface area (Å²) in [6, 6.07) is 5.19. The number of carbonyl (C=O) groups excluding carboxylic acids is 1. The average molecular weight is 360 g/mol. The summed E-state index contributed by atoms with van der Waals surface area (Å²) in [5, 5.41) is 10.7. The Kier molecular flexibility index (Phi) is 4.97. The standard InChI is InChI=1S/C12H12BrClN4O2/c1-18-7-16-17-11(18)5-15-12(19)6-20-10-3-2-8(13)4-9(10)14/h2-4,7H,5-6H2,1H3,(H,15,19). The predicted molar refractivity (Wildman–Crippen MR) is 77.5 cm³/mol. The number of aromatic nitrogens is 3. The molecule has 0 bridgehead atoms. The minimum Gasteiger partial charge on any atom is -0.482 e. The van der Waals surface area contributed by atoms with E-state index >= 15 is 0 Å². The molecular formula is C12H12BrClN4O2. The molecule has 8 heteroatoms. The molecule has 1 heterocycles. The molecule has 0 atom stereocenters. The summed E-state index contributed by atoms with van der Waals surface area (Å²) in [7, 11) is 1.81. The molecule has 0 fully saturated rings. The summed E-state index contributed by atoms with van der Waals surface area (Å²) < 4.78 is 7.92. The zero-order valence-corrected chi connectivity index (χ0v) is 13.0. The van der Waals surface area contributed by atoms with Crippen molar-refractivity contribution < 1.29 is 9.53 Å². The topological polar surface area (TPSA) is 69.0 Å². The molecule has 2 rings (SSSR count). The van der Waals surface area contributed by atoms with Crippen LogP contribution >= 0.6 is 27.5 Å². The highest BCUT2D eigenvalue weighted by atomic mass is 79.9. The van der Waals surface area contributed by atoms with Crippen molar-refractivity contribution in [2.24, 2.45) is 7.05 Å². The lowest BCUT2D eigenvalue weighted by molar-refractivity contribution is -0.123. The van der Waals surface area contributed by atoms with E-state index in [1.807, 2.05) is 0 Å². The molecule has 0 saturated heterocycles. The number of nitrogens with zero attached hydrogens (tertiary/aromatic N) is 3. The molecule has 0 aliphatic carbocycles. The molecule has 1 aromatic heterocycles. The summed E-state index contributed by atoms with van der Waals surface area (Å²) >= 11 is 9.28. The van der Waals surface area contributed by atoms with Crippen molar-refractivity contribution in [2.75, 3.05) is 6.61 Å². The lowest BCUT2D eigenvalue weighted by Crippen LogP contribution is -2.29. The monoisotopic (exact) mass is 358 g/mol. The molecule has 1 aromatic carbocycles. The molecule has 20 heavy (non-hydrogen) atoms. The van der Waals surface area contributed by atoms with Crippen LogP contribution < -0.4 is 10.1 Å². The highest BCUT2D eigenvalue weighted by Crippen LogP contribution is 2.27. The Hall–Kier alpha value is -1.60. The number of aryl methyl sites for hydroxylation is 1. The second kappa shape index (κ2) is 6.71. The van der Waals surface area contributed by atoms with Gasteiger partial charge in [-0.2, -0.15) is 0 Å². The first kappa shape index (κ1) is 14.8. The number of amides is 1. The van der Waals surface area contributed by atoms with Gasteiger partial charge in [-0.05, 0) is 18.2 Å². The minimum atomic E-state index is -0.257. The first-order valence-electron chi connectivity index (χ1n) is 5.73. The SMILES string of the molecule is Cn1cnnc1CNC(=O)COc1ccc(Br)cc1Cl. The fraction of sp³-hybridized carbons (Fsp3) is 0.250. The van der Waals surface area contributed by atoms with Gasteiger partial charge in [0.2, 0.25) is 0 Å². The predicted octanol–water partition coefficient (Wildman–Crippen LogP) is 1.93. The van der Waals surface area contributed by atoms with Crippen LogP contribution in [0.15, 0.2) is 29.0 Å². The molecule has 0 spiro atoms. The quantitative estimate of drug-likeness (QED) is 0.885. The van der Waals surface area contributed by atoms with E-state index in [2.05, 4.69) is 31.4 Å². The van der Waals surface area contributed by atoms with Crippen molar-refractivity contribution in [3.63, 3.8) is 0 Å². The van der Waals surface area contributed by atoms with Crippen LogP contribution in [0.2, 0.25) is 5.02 Å². The van der Waals surface area contributed by atoms with Crippen molar-refractivity contribution in [1.82, 2.24) is 20.1 Å². The van der Waals surface area contributed by atoms with Crippen LogP contribution in [0.3, 0.4) is 0 Å². The maximum atomic E-state index is 11.7. The molecular weight excluding hydrogens is 348 g/mol. The van der Waals surface area contributed by atoms with Gasteiger partial charge in [0, 0.05) is 11.5 Å². The molecule has 1 N–H and O–H groups in total. The minimum absolute atomic E-state index is 0.112. The van der Waals surface area contributed by atoms with Crippen molar-refractivity contribution in [2.45, 2.75) is 6.54 Å². The number of benzene rings is 1. The maximum absolute atomic E-state index is 11.7. The smallest absolute Gasteiger partial charge is 0.258 e. The number of rotatable bonds is 5. The molecule has 1 amide bonds. The van der Waals surface area contributed by atoms with Gasteiger partial charge in [-0.3, -0.25) is 4.79 Å². The second-order valence-corrected chi connectivity index (χ2v) is 5.32. The van der Waals surface area contributed by atoms with Gasteiger partial charge in [0.25, 0.3) is 5.91 Å². The van der Waals surface area contributed by atoms with Crippen molar-refractivity contribution in [1.29, 1.82) is 0 Å². The molecule has 6 nitrogen and oxygen atoms in total. The largest absolute Gasteiger partial charge is 0.482 e. The third-order valence-electron chi connectivity index (χ3n) is 2.50. The van der Waals surface area contributed by atoms with E-state index in [-0.39, 0.29) is 12.5 Å². The number of hydrogen-bond acceptors (Lipinski definition) is 4. The van der Waals surface area contributed by atoms with E-state index in [0.29, 0.717) is 23.1 Å². The molecule has 0 saturated carbocycles. The zero-order valence-electron chi connectivity index (χ0n) is 10.6. The Morgan fingerprint density at radius 2 is 2.35 bits per heavy atom. The van der Waals surface area contributed by atoms with Crippen LogP contribution in [0.4, 0.5) is 0 Å². The third-order valence-corrected chi connectivity index (χ3v) is 3.29. The van der Waals surface area contributed by atoms with Gasteiger partial charge >= 0.3 is 0 Å². The second-order valence-electron chi connectivity index (χ2n) is 4.00. The number of carbonyl (C=O) groups is 1. The Balaban J connectivity index is 1.82. The third kappa shape index (κ3) is 3.94. The molecule has 0 aliphatic heterocycles. The van der Waals surface area contributed by atoms with E-state index in [1.165, 1.54) is 0 Å². The van der Waals surface area contributed by atoms with Gasteiger partial charge in [-0.25, -0.2) is 0 Å². The van der Waals surface area contributed by atoms with E-state index in [9.17, 15) is 4.79 Å². The highest BCUT2D eigenvalue weighted by Gasteiger charge is 2.07. The Morgan fingerprint density at radius 1 is 1.55 bits per heavy atom. The zero-order chi connectivity index (χ0) is 14.5. The first-order chi connectivity index (χ1) is 9.56. The number of halogens is 2. The molecule has 0 aliphatic rings. The summed E-state index contributed by atoms with van der Waals surface area (Å²) in [5.74, 6) is 0.871. The molecule has 106 valence electrons. The van der Waals surface area contributed by atoms with Gasteiger partial charge in [-0.1, -0.05) is 27.5 Å². The first-order valence-corrected chi connectivity index (χ1v) is 6.91. The van der Waals surface area contributed by atoms with E-state index in [1.54, 1.807) is 36.1 Å². The highest BCUT2D eigenvalue weighted by molar-refractivity contribution is 9.10. The van der Waals surface area contributed by atoms with Gasteiger partial charge in [0.15, 0.2) is 12.4 Å².